The fourth-order valence-corrected chi connectivity index (χ4v) is 3.45. The molecule has 3 rings (SSSR count). The molecular weight excluding hydrogens is 262 g/mol. The molecule has 0 unspecified atom stereocenters. The first kappa shape index (κ1) is 14.7. The first-order chi connectivity index (χ1) is 10.4. The van der Waals surface area contributed by atoms with Gasteiger partial charge in [0.1, 0.15) is 12.1 Å². The number of piperazine rings is 1. The monoisotopic (exact) mass is 289 g/mol. The normalized spacial score (nSPS) is 20.1. The van der Waals surface area contributed by atoms with Crippen LogP contribution in [-0.2, 0) is 12.8 Å². The lowest BCUT2D eigenvalue weighted by molar-refractivity contribution is 0.255. The molecule has 5 nitrogen and oxygen atoms in total. The fourth-order valence-electron chi connectivity index (χ4n) is 3.45. The van der Waals surface area contributed by atoms with E-state index in [0.29, 0.717) is 0 Å². The summed E-state index contributed by atoms with van der Waals surface area (Å²) in [4.78, 5) is 14.1. The van der Waals surface area contributed by atoms with Gasteiger partial charge in [-0.2, -0.15) is 0 Å². The van der Waals surface area contributed by atoms with Crippen molar-refractivity contribution in [1.29, 1.82) is 0 Å². The molecule has 0 spiro atoms. The van der Waals surface area contributed by atoms with E-state index in [0.717, 1.165) is 58.5 Å². The van der Waals surface area contributed by atoms with Crippen molar-refractivity contribution in [3.05, 3.63) is 17.6 Å². The molecule has 0 atom stereocenters. The summed E-state index contributed by atoms with van der Waals surface area (Å²) in [6, 6.07) is 0. The van der Waals surface area contributed by atoms with Gasteiger partial charge in [-0.15, -0.1) is 0 Å². The summed E-state index contributed by atoms with van der Waals surface area (Å²) >= 11 is 0. The number of fused-ring (bicyclic) bond motifs is 1. The fraction of sp³-hybridized carbons (Fsp3) is 0.750. The van der Waals surface area contributed by atoms with Crippen LogP contribution in [0.2, 0.25) is 0 Å². The maximum atomic E-state index is 5.60. The van der Waals surface area contributed by atoms with Crippen molar-refractivity contribution < 1.29 is 0 Å². The molecule has 1 aromatic heterocycles. The number of aromatic nitrogens is 2. The van der Waals surface area contributed by atoms with Gasteiger partial charge in [-0.25, -0.2) is 9.97 Å². The summed E-state index contributed by atoms with van der Waals surface area (Å²) in [5, 5.41) is 0. The molecule has 5 heteroatoms. The molecule has 1 saturated heterocycles. The SMILES string of the molecule is NCCCN1CCN(c2ncnc3c2CCCCC3)CC1. The Morgan fingerprint density at radius 3 is 2.62 bits per heavy atom. The summed E-state index contributed by atoms with van der Waals surface area (Å²) in [6.07, 6.45) is 9.02. The summed E-state index contributed by atoms with van der Waals surface area (Å²) in [5.74, 6) is 1.21. The van der Waals surface area contributed by atoms with Gasteiger partial charge >= 0.3 is 0 Å². The van der Waals surface area contributed by atoms with Crippen molar-refractivity contribution in [2.24, 2.45) is 5.73 Å². The van der Waals surface area contributed by atoms with Crippen molar-refractivity contribution in [3.8, 4) is 0 Å². The van der Waals surface area contributed by atoms with E-state index in [1.807, 2.05) is 0 Å². The van der Waals surface area contributed by atoms with E-state index >= 15 is 0 Å². The molecule has 2 N–H and O–H groups in total. The minimum absolute atomic E-state index is 0.791. The standard InChI is InChI=1S/C16H27N5/c17-7-4-8-20-9-11-21(12-10-20)16-14-5-2-1-3-6-15(14)18-13-19-16/h13H,1-12,17H2. The van der Waals surface area contributed by atoms with Crippen LogP contribution in [-0.4, -0.2) is 54.1 Å². The number of nitrogens with zero attached hydrogens (tertiary/aromatic N) is 4. The van der Waals surface area contributed by atoms with Gasteiger partial charge in [-0.3, -0.25) is 4.90 Å². The predicted molar refractivity (Wildman–Crippen MR) is 85.6 cm³/mol. The predicted octanol–water partition coefficient (Wildman–Crippen LogP) is 1.22. The van der Waals surface area contributed by atoms with E-state index in [2.05, 4.69) is 19.8 Å². The average molecular weight is 289 g/mol. The van der Waals surface area contributed by atoms with Gasteiger partial charge in [0.2, 0.25) is 0 Å². The van der Waals surface area contributed by atoms with E-state index < -0.39 is 0 Å². The van der Waals surface area contributed by atoms with Crippen molar-refractivity contribution in [3.63, 3.8) is 0 Å². The van der Waals surface area contributed by atoms with Crippen LogP contribution in [0, 0.1) is 0 Å². The van der Waals surface area contributed by atoms with E-state index in [9.17, 15) is 0 Å². The second-order valence-electron chi connectivity index (χ2n) is 6.15. The zero-order chi connectivity index (χ0) is 14.5. The number of hydrogen-bond acceptors (Lipinski definition) is 5. The van der Waals surface area contributed by atoms with Gasteiger partial charge in [0.05, 0.1) is 0 Å². The Kier molecular flexibility index (Phi) is 5.04. The van der Waals surface area contributed by atoms with E-state index in [1.165, 1.54) is 36.3 Å². The van der Waals surface area contributed by atoms with Crippen molar-refractivity contribution >= 4 is 5.82 Å². The third-order valence-corrected chi connectivity index (χ3v) is 4.70. The van der Waals surface area contributed by atoms with E-state index in [4.69, 9.17) is 5.73 Å². The van der Waals surface area contributed by atoms with Gasteiger partial charge in [-0.05, 0) is 45.2 Å². The van der Waals surface area contributed by atoms with Crippen LogP contribution in [0.15, 0.2) is 6.33 Å². The summed E-state index contributed by atoms with van der Waals surface area (Å²) in [6.45, 7) is 6.32. The van der Waals surface area contributed by atoms with Gasteiger partial charge in [-0.1, -0.05) is 6.42 Å². The molecule has 0 amide bonds. The van der Waals surface area contributed by atoms with Crippen LogP contribution in [0.5, 0.6) is 0 Å². The largest absolute Gasteiger partial charge is 0.354 e. The molecule has 1 aromatic rings. The highest BCUT2D eigenvalue weighted by Crippen LogP contribution is 2.27. The third kappa shape index (κ3) is 3.52. The molecular formula is C16H27N5. The first-order valence-corrected chi connectivity index (χ1v) is 8.38. The Hall–Kier alpha value is -1.20. The molecule has 2 aliphatic rings. The minimum Gasteiger partial charge on any atom is -0.354 e. The summed E-state index contributed by atoms with van der Waals surface area (Å²) < 4.78 is 0. The molecule has 0 bridgehead atoms. The van der Waals surface area contributed by atoms with Crippen LogP contribution in [0.4, 0.5) is 5.82 Å². The number of anilines is 1. The Morgan fingerprint density at radius 2 is 1.81 bits per heavy atom. The third-order valence-electron chi connectivity index (χ3n) is 4.70. The highest BCUT2D eigenvalue weighted by molar-refractivity contribution is 5.49. The maximum absolute atomic E-state index is 5.60. The zero-order valence-corrected chi connectivity index (χ0v) is 12.9. The number of aryl methyl sites for hydroxylation is 1. The lowest BCUT2D eigenvalue weighted by atomic mass is 10.1. The first-order valence-electron chi connectivity index (χ1n) is 8.38. The van der Waals surface area contributed by atoms with Crippen LogP contribution in [0.3, 0.4) is 0 Å². The van der Waals surface area contributed by atoms with E-state index in [1.54, 1.807) is 6.33 Å². The van der Waals surface area contributed by atoms with Gasteiger partial charge in [0, 0.05) is 37.4 Å². The molecule has 21 heavy (non-hydrogen) atoms. The van der Waals surface area contributed by atoms with Crippen molar-refractivity contribution in [2.45, 2.75) is 38.5 Å². The molecule has 1 aliphatic heterocycles. The number of rotatable bonds is 4. The van der Waals surface area contributed by atoms with Crippen LogP contribution in [0.1, 0.15) is 36.9 Å². The minimum atomic E-state index is 0.791. The van der Waals surface area contributed by atoms with Crippen LogP contribution < -0.4 is 10.6 Å². The van der Waals surface area contributed by atoms with Gasteiger partial charge < -0.3 is 10.6 Å². The summed E-state index contributed by atoms with van der Waals surface area (Å²) in [5.41, 5.74) is 8.32. The second-order valence-corrected chi connectivity index (χ2v) is 6.15. The maximum Gasteiger partial charge on any atom is 0.135 e. The molecule has 1 fully saturated rings. The van der Waals surface area contributed by atoms with Crippen LogP contribution in [0.25, 0.3) is 0 Å². The Balaban J connectivity index is 1.68. The van der Waals surface area contributed by atoms with Crippen LogP contribution >= 0.6 is 0 Å². The van der Waals surface area contributed by atoms with Crippen molar-refractivity contribution in [2.75, 3.05) is 44.2 Å². The molecule has 116 valence electrons. The Bertz CT molecular complexity index is 454. The van der Waals surface area contributed by atoms with Gasteiger partial charge in [0.15, 0.2) is 0 Å². The van der Waals surface area contributed by atoms with Crippen molar-refractivity contribution in [1.82, 2.24) is 14.9 Å². The van der Waals surface area contributed by atoms with Gasteiger partial charge in [0.25, 0.3) is 0 Å². The highest BCUT2D eigenvalue weighted by Gasteiger charge is 2.22. The zero-order valence-electron chi connectivity index (χ0n) is 12.9. The molecule has 0 radical (unpaired) electrons. The molecule has 0 aromatic carbocycles. The number of nitrogens with two attached hydrogens (primary N) is 1. The Morgan fingerprint density at radius 1 is 1.00 bits per heavy atom. The Labute approximate surface area is 127 Å². The molecule has 1 aliphatic carbocycles. The quantitative estimate of drug-likeness (QED) is 0.845. The molecule has 0 saturated carbocycles. The lowest BCUT2D eigenvalue weighted by Gasteiger charge is -2.36. The summed E-state index contributed by atoms with van der Waals surface area (Å²) in [7, 11) is 0. The second kappa shape index (κ2) is 7.18. The smallest absolute Gasteiger partial charge is 0.135 e. The average Bonchev–Trinajstić information content (AvgIpc) is 2.78. The number of hydrogen-bond donors (Lipinski definition) is 1. The van der Waals surface area contributed by atoms with E-state index in [-0.39, 0.29) is 0 Å². The molecule has 2 heterocycles. The highest BCUT2D eigenvalue weighted by atomic mass is 15.3. The lowest BCUT2D eigenvalue weighted by Crippen LogP contribution is -2.47. The topological polar surface area (TPSA) is 58.3 Å².